The Bertz CT molecular complexity index is 947. The third-order valence-electron chi connectivity index (χ3n) is 5.62. The van der Waals surface area contributed by atoms with E-state index in [-0.39, 0.29) is 11.9 Å². The molecule has 1 atom stereocenters. The highest BCUT2D eigenvalue weighted by atomic mass is 16.5. The number of amides is 1. The van der Waals surface area contributed by atoms with Crippen LogP contribution in [0, 0.1) is 0 Å². The van der Waals surface area contributed by atoms with Crippen LogP contribution in [0.15, 0.2) is 67.0 Å². The molecular weight excluding hydrogens is 376 g/mol. The van der Waals surface area contributed by atoms with Crippen molar-refractivity contribution >= 4 is 5.91 Å². The summed E-state index contributed by atoms with van der Waals surface area (Å²) in [4.78, 5) is 15.2. The van der Waals surface area contributed by atoms with E-state index < -0.39 is 0 Å². The Morgan fingerprint density at radius 1 is 1.10 bits per heavy atom. The van der Waals surface area contributed by atoms with E-state index in [1.165, 1.54) is 18.4 Å². The SMILES string of the molecule is COc1ccc(C(CNC(=O)c2cnn(Cc3ccccc3)c2)N2CCCC2)cc1. The molecule has 1 N–H and O–H groups in total. The van der Waals surface area contributed by atoms with Crippen LogP contribution in [0.25, 0.3) is 0 Å². The summed E-state index contributed by atoms with van der Waals surface area (Å²) in [6.45, 7) is 3.33. The molecule has 3 aromatic rings. The molecule has 2 heterocycles. The Balaban J connectivity index is 1.41. The van der Waals surface area contributed by atoms with Gasteiger partial charge >= 0.3 is 0 Å². The van der Waals surface area contributed by atoms with Crippen molar-refractivity contribution in [3.8, 4) is 5.75 Å². The molecule has 0 saturated carbocycles. The third-order valence-corrected chi connectivity index (χ3v) is 5.62. The number of ether oxygens (including phenoxy) is 1. The lowest BCUT2D eigenvalue weighted by molar-refractivity contribution is 0.0938. The number of methoxy groups -OCH3 is 1. The fourth-order valence-electron chi connectivity index (χ4n) is 3.97. The van der Waals surface area contributed by atoms with Crippen molar-refractivity contribution < 1.29 is 9.53 Å². The zero-order valence-electron chi connectivity index (χ0n) is 17.3. The minimum Gasteiger partial charge on any atom is -0.497 e. The number of benzene rings is 2. The monoisotopic (exact) mass is 404 g/mol. The van der Waals surface area contributed by atoms with E-state index in [2.05, 4.69) is 39.6 Å². The highest BCUT2D eigenvalue weighted by Crippen LogP contribution is 2.26. The second-order valence-corrected chi connectivity index (χ2v) is 7.65. The maximum absolute atomic E-state index is 12.8. The van der Waals surface area contributed by atoms with Crippen molar-refractivity contribution in [2.45, 2.75) is 25.4 Å². The second-order valence-electron chi connectivity index (χ2n) is 7.65. The Hall–Kier alpha value is -3.12. The van der Waals surface area contributed by atoms with Gasteiger partial charge in [0.05, 0.1) is 31.5 Å². The molecule has 1 aromatic heterocycles. The number of hydrogen-bond acceptors (Lipinski definition) is 4. The topological polar surface area (TPSA) is 59.4 Å². The van der Waals surface area contributed by atoms with Crippen molar-refractivity contribution in [3.05, 3.63) is 83.7 Å². The molecule has 0 bridgehead atoms. The van der Waals surface area contributed by atoms with Gasteiger partial charge in [0.25, 0.3) is 5.91 Å². The molecule has 1 aliphatic heterocycles. The highest BCUT2D eigenvalue weighted by molar-refractivity contribution is 5.93. The van der Waals surface area contributed by atoms with Crippen LogP contribution in [0.3, 0.4) is 0 Å². The van der Waals surface area contributed by atoms with Crippen molar-refractivity contribution in [2.24, 2.45) is 0 Å². The molecule has 2 aromatic carbocycles. The Labute approximate surface area is 177 Å². The normalized spacial score (nSPS) is 15.1. The Morgan fingerprint density at radius 3 is 2.53 bits per heavy atom. The molecule has 4 rings (SSSR count). The number of nitrogens with zero attached hydrogens (tertiary/aromatic N) is 3. The quantitative estimate of drug-likeness (QED) is 0.624. The molecule has 1 amide bonds. The molecule has 6 heteroatoms. The second kappa shape index (κ2) is 9.59. The van der Waals surface area contributed by atoms with Crippen molar-refractivity contribution in [1.29, 1.82) is 0 Å². The van der Waals surface area contributed by atoms with Gasteiger partial charge in [-0.2, -0.15) is 5.10 Å². The highest BCUT2D eigenvalue weighted by Gasteiger charge is 2.24. The third kappa shape index (κ3) is 4.89. The van der Waals surface area contributed by atoms with Crippen LogP contribution in [0.4, 0.5) is 0 Å². The number of aromatic nitrogens is 2. The van der Waals surface area contributed by atoms with Gasteiger partial charge in [0.15, 0.2) is 0 Å². The van der Waals surface area contributed by atoms with E-state index >= 15 is 0 Å². The summed E-state index contributed by atoms with van der Waals surface area (Å²) in [5.41, 5.74) is 2.93. The molecule has 156 valence electrons. The van der Waals surface area contributed by atoms with Crippen molar-refractivity contribution in [3.63, 3.8) is 0 Å². The van der Waals surface area contributed by atoms with Gasteiger partial charge < -0.3 is 10.1 Å². The first-order valence-corrected chi connectivity index (χ1v) is 10.5. The Kier molecular flexibility index (Phi) is 6.44. The number of likely N-dealkylation sites (tertiary alicyclic amines) is 1. The first-order chi connectivity index (χ1) is 14.7. The van der Waals surface area contributed by atoms with Crippen LogP contribution < -0.4 is 10.1 Å². The fourth-order valence-corrected chi connectivity index (χ4v) is 3.97. The minimum absolute atomic E-state index is 0.0907. The van der Waals surface area contributed by atoms with Gasteiger partial charge in [-0.05, 0) is 49.2 Å². The van der Waals surface area contributed by atoms with Crippen LogP contribution in [0.5, 0.6) is 5.75 Å². The van der Waals surface area contributed by atoms with E-state index in [9.17, 15) is 4.79 Å². The van der Waals surface area contributed by atoms with E-state index in [1.54, 1.807) is 24.2 Å². The first-order valence-electron chi connectivity index (χ1n) is 10.5. The summed E-state index contributed by atoms with van der Waals surface area (Å²) in [6.07, 6.45) is 5.84. The minimum atomic E-state index is -0.0907. The van der Waals surface area contributed by atoms with Gasteiger partial charge in [-0.1, -0.05) is 42.5 Å². The lowest BCUT2D eigenvalue weighted by Crippen LogP contribution is -2.36. The summed E-state index contributed by atoms with van der Waals surface area (Å²) in [5, 5.41) is 7.46. The molecule has 0 radical (unpaired) electrons. The number of nitrogens with one attached hydrogen (secondary N) is 1. The Morgan fingerprint density at radius 2 is 1.83 bits per heavy atom. The lowest BCUT2D eigenvalue weighted by atomic mass is 10.1. The maximum atomic E-state index is 12.8. The standard InChI is InChI=1S/C24H28N4O2/c1-30-22-11-9-20(10-12-22)23(27-13-5-6-14-27)16-25-24(29)21-15-26-28(18-21)17-19-7-3-2-4-8-19/h2-4,7-12,15,18,23H,5-6,13-14,16-17H2,1H3,(H,25,29). The zero-order valence-corrected chi connectivity index (χ0v) is 17.3. The summed E-state index contributed by atoms with van der Waals surface area (Å²) < 4.78 is 7.08. The smallest absolute Gasteiger partial charge is 0.254 e. The molecular formula is C24H28N4O2. The molecule has 1 unspecified atom stereocenters. The predicted molar refractivity (Wildman–Crippen MR) is 117 cm³/mol. The molecule has 1 aliphatic rings. The largest absolute Gasteiger partial charge is 0.497 e. The number of carbonyl (C=O) groups excluding carboxylic acids is 1. The molecule has 1 saturated heterocycles. The number of rotatable bonds is 8. The summed E-state index contributed by atoms with van der Waals surface area (Å²) in [5.74, 6) is 0.751. The van der Waals surface area contributed by atoms with Crippen LogP contribution in [-0.2, 0) is 6.54 Å². The summed E-state index contributed by atoms with van der Waals surface area (Å²) in [7, 11) is 1.67. The van der Waals surface area contributed by atoms with Crippen molar-refractivity contribution in [2.75, 3.05) is 26.7 Å². The predicted octanol–water partition coefficient (Wildman–Crippen LogP) is 3.51. The van der Waals surface area contributed by atoms with E-state index in [1.807, 2.05) is 30.3 Å². The van der Waals surface area contributed by atoms with Gasteiger partial charge in [0, 0.05) is 12.7 Å². The number of hydrogen-bond donors (Lipinski definition) is 1. The molecule has 0 spiro atoms. The zero-order chi connectivity index (χ0) is 20.8. The summed E-state index contributed by atoms with van der Waals surface area (Å²) in [6, 6.07) is 18.4. The van der Waals surface area contributed by atoms with Gasteiger partial charge in [-0.25, -0.2) is 0 Å². The van der Waals surface area contributed by atoms with E-state index in [0.29, 0.717) is 18.7 Å². The molecule has 1 fully saturated rings. The lowest BCUT2D eigenvalue weighted by Gasteiger charge is -2.28. The van der Waals surface area contributed by atoms with E-state index in [4.69, 9.17) is 4.74 Å². The van der Waals surface area contributed by atoms with Crippen LogP contribution in [0.1, 0.15) is 40.4 Å². The van der Waals surface area contributed by atoms with Crippen LogP contribution in [-0.4, -0.2) is 47.3 Å². The van der Waals surface area contributed by atoms with Gasteiger partial charge in [0.1, 0.15) is 5.75 Å². The van der Waals surface area contributed by atoms with Gasteiger partial charge in [-0.15, -0.1) is 0 Å². The van der Waals surface area contributed by atoms with E-state index in [0.717, 1.165) is 24.4 Å². The molecule has 30 heavy (non-hydrogen) atoms. The molecule has 6 nitrogen and oxygen atoms in total. The van der Waals surface area contributed by atoms with Crippen LogP contribution in [0.2, 0.25) is 0 Å². The number of carbonyl (C=O) groups is 1. The van der Waals surface area contributed by atoms with Gasteiger partial charge in [-0.3, -0.25) is 14.4 Å². The van der Waals surface area contributed by atoms with Crippen molar-refractivity contribution in [1.82, 2.24) is 20.0 Å². The maximum Gasteiger partial charge on any atom is 0.254 e. The van der Waals surface area contributed by atoms with Gasteiger partial charge in [0.2, 0.25) is 0 Å². The fraction of sp³-hybridized carbons (Fsp3) is 0.333. The average molecular weight is 405 g/mol. The summed E-state index contributed by atoms with van der Waals surface area (Å²) >= 11 is 0. The molecule has 0 aliphatic carbocycles. The van der Waals surface area contributed by atoms with Crippen LogP contribution >= 0.6 is 0 Å². The average Bonchev–Trinajstić information content (AvgIpc) is 3.48. The first kappa shape index (κ1) is 20.2.